The average molecular weight is 471 g/mol. The summed E-state index contributed by atoms with van der Waals surface area (Å²) in [4.78, 5) is 25.9. The van der Waals surface area contributed by atoms with Crippen LogP contribution < -0.4 is 9.64 Å². The van der Waals surface area contributed by atoms with Crippen LogP contribution >= 0.6 is 0 Å². The number of ether oxygens (including phenoxy) is 4. The molecule has 1 amide bonds. The van der Waals surface area contributed by atoms with Gasteiger partial charge in [-0.05, 0) is 51.5 Å². The summed E-state index contributed by atoms with van der Waals surface area (Å²) in [6, 6.07) is 11.2. The number of hydrogen-bond acceptors (Lipinski definition) is 6. The summed E-state index contributed by atoms with van der Waals surface area (Å²) in [6.45, 7) is 10.2. The molecule has 0 fully saturated rings. The zero-order valence-electron chi connectivity index (χ0n) is 20.6. The number of benzene rings is 2. The number of carbonyl (C=O) groups excluding carboxylic acids is 2. The Balaban J connectivity index is 1.88. The Morgan fingerprint density at radius 1 is 0.941 bits per heavy atom. The standard InChI is InChI=1S/C26H34N2O6/c1-6-11-31-12-13-32-14-15-33-20-8-10-22-21-9-7-19(27(5)18-29)16-23(21)28(24(22)17-20)25(30)34-26(2,3)4/h7-10,16-18H,6,11-15H2,1-5H3. The second-order valence-corrected chi connectivity index (χ2v) is 8.99. The topological polar surface area (TPSA) is 79.2 Å². The zero-order valence-corrected chi connectivity index (χ0v) is 20.6. The number of nitrogens with zero attached hydrogens (tertiary/aromatic N) is 2. The molecule has 0 aliphatic rings. The molecule has 0 spiro atoms. The molecule has 3 rings (SSSR count). The first-order chi connectivity index (χ1) is 16.2. The van der Waals surface area contributed by atoms with Gasteiger partial charge in [0.1, 0.15) is 18.0 Å². The molecule has 0 aliphatic carbocycles. The number of carbonyl (C=O) groups is 2. The SMILES string of the molecule is CCCOCCOCCOc1ccc2c3ccc(N(C)C=O)cc3n(C(=O)OC(C)(C)C)c2c1. The number of hydrogen-bond donors (Lipinski definition) is 0. The third kappa shape index (κ3) is 6.27. The molecule has 8 heteroatoms. The maximum Gasteiger partial charge on any atom is 0.419 e. The summed E-state index contributed by atoms with van der Waals surface area (Å²) in [5.74, 6) is 0.621. The highest BCUT2D eigenvalue weighted by Crippen LogP contribution is 2.34. The lowest BCUT2D eigenvalue weighted by Crippen LogP contribution is -2.27. The zero-order chi connectivity index (χ0) is 24.7. The summed E-state index contributed by atoms with van der Waals surface area (Å²) < 4.78 is 24.0. The number of anilines is 1. The molecule has 0 saturated carbocycles. The molecule has 2 aromatic carbocycles. The molecule has 0 atom stereocenters. The minimum absolute atomic E-state index is 0.375. The fourth-order valence-electron chi connectivity index (χ4n) is 3.55. The van der Waals surface area contributed by atoms with E-state index in [1.54, 1.807) is 7.05 Å². The minimum Gasteiger partial charge on any atom is -0.491 e. The molecule has 184 valence electrons. The third-order valence-corrected chi connectivity index (χ3v) is 5.08. The third-order valence-electron chi connectivity index (χ3n) is 5.08. The van der Waals surface area contributed by atoms with Crippen LogP contribution in [0.4, 0.5) is 10.5 Å². The molecule has 34 heavy (non-hydrogen) atoms. The van der Waals surface area contributed by atoms with Gasteiger partial charge in [-0.25, -0.2) is 9.36 Å². The summed E-state index contributed by atoms with van der Waals surface area (Å²) in [5, 5.41) is 1.77. The summed E-state index contributed by atoms with van der Waals surface area (Å²) in [7, 11) is 1.67. The van der Waals surface area contributed by atoms with Crippen LogP contribution in [0, 0.1) is 0 Å². The first-order valence-corrected chi connectivity index (χ1v) is 11.5. The van der Waals surface area contributed by atoms with Crippen molar-refractivity contribution >= 4 is 40.0 Å². The Kier molecular flexibility index (Phi) is 8.52. The van der Waals surface area contributed by atoms with E-state index in [2.05, 4.69) is 6.92 Å². The van der Waals surface area contributed by atoms with Gasteiger partial charge < -0.3 is 23.8 Å². The van der Waals surface area contributed by atoms with E-state index in [1.807, 2.05) is 57.2 Å². The highest BCUT2D eigenvalue weighted by molar-refractivity contribution is 6.13. The number of aromatic nitrogens is 1. The van der Waals surface area contributed by atoms with Gasteiger partial charge in [-0.1, -0.05) is 13.0 Å². The normalized spacial score (nSPS) is 11.7. The van der Waals surface area contributed by atoms with Crippen LogP contribution in [-0.2, 0) is 19.0 Å². The average Bonchev–Trinajstić information content (AvgIpc) is 3.12. The van der Waals surface area contributed by atoms with E-state index in [-0.39, 0.29) is 0 Å². The van der Waals surface area contributed by atoms with E-state index in [0.717, 1.165) is 30.2 Å². The van der Waals surface area contributed by atoms with Gasteiger partial charge in [0.2, 0.25) is 6.41 Å². The molecule has 0 aliphatic heterocycles. The van der Waals surface area contributed by atoms with Crippen molar-refractivity contribution in [2.24, 2.45) is 0 Å². The lowest BCUT2D eigenvalue weighted by Gasteiger charge is -2.20. The summed E-state index contributed by atoms with van der Waals surface area (Å²) in [6.07, 6.45) is 1.22. The largest absolute Gasteiger partial charge is 0.491 e. The monoisotopic (exact) mass is 470 g/mol. The van der Waals surface area contributed by atoms with Crippen LogP contribution in [0.3, 0.4) is 0 Å². The Hall–Kier alpha value is -3.10. The van der Waals surface area contributed by atoms with E-state index in [0.29, 0.717) is 48.9 Å². The maximum absolute atomic E-state index is 13.2. The van der Waals surface area contributed by atoms with Crippen molar-refractivity contribution in [1.82, 2.24) is 4.57 Å². The number of fused-ring (bicyclic) bond motifs is 3. The van der Waals surface area contributed by atoms with Crippen molar-refractivity contribution in [1.29, 1.82) is 0 Å². The molecular formula is C26H34N2O6. The molecular weight excluding hydrogens is 436 g/mol. The molecule has 1 heterocycles. The van der Waals surface area contributed by atoms with Gasteiger partial charge in [0.05, 0.1) is 30.9 Å². The Bertz CT molecular complexity index is 1130. The van der Waals surface area contributed by atoms with Gasteiger partial charge >= 0.3 is 6.09 Å². The maximum atomic E-state index is 13.2. The van der Waals surface area contributed by atoms with Crippen LogP contribution in [0.5, 0.6) is 5.75 Å². The first kappa shape index (κ1) is 25.5. The summed E-state index contributed by atoms with van der Waals surface area (Å²) >= 11 is 0. The quantitative estimate of drug-likeness (QED) is 0.290. The molecule has 8 nitrogen and oxygen atoms in total. The highest BCUT2D eigenvalue weighted by Gasteiger charge is 2.23. The van der Waals surface area contributed by atoms with Crippen LogP contribution in [0.25, 0.3) is 21.8 Å². The van der Waals surface area contributed by atoms with Crippen LogP contribution in [0.15, 0.2) is 36.4 Å². The molecule has 0 bridgehead atoms. The lowest BCUT2D eigenvalue weighted by atomic mass is 10.1. The van der Waals surface area contributed by atoms with Gasteiger partial charge in [-0.15, -0.1) is 0 Å². The van der Waals surface area contributed by atoms with Crippen molar-refractivity contribution in [3.8, 4) is 5.75 Å². The van der Waals surface area contributed by atoms with Gasteiger partial charge in [0.25, 0.3) is 0 Å². The molecule has 0 unspecified atom stereocenters. The van der Waals surface area contributed by atoms with Crippen LogP contribution in [-0.4, -0.2) is 62.8 Å². The second kappa shape index (κ2) is 11.4. The smallest absolute Gasteiger partial charge is 0.419 e. The fraction of sp³-hybridized carbons (Fsp3) is 0.462. The first-order valence-electron chi connectivity index (χ1n) is 11.5. The van der Waals surface area contributed by atoms with E-state index >= 15 is 0 Å². The predicted molar refractivity (Wildman–Crippen MR) is 133 cm³/mol. The lowest BCUT2D eigenvalue weighted by molar-refractivity contribution is -0.107. The van der Waals surface area contributed by atoms with Crippen molar-refractivity contribution in [3.05, 3.63) is 36.4 Å². The van der Waals surface area contributed by atoms with E-state index < -0.39 is 11.7 Å². The second-order valence-electron chi connectivity index (χ2n) is 8.99. The number of amides is 1. The molecule has 1 aromatic heterocycles. The Morgan fingerprint density at radius 3 is 2.21 bits per heavy atom. The van der Waals surface area contributed by atoms with Crippen LogP contribution in [0.2, 0.25) is 0 Å². The van der Waals surface area contributed by atoms with Crippen molar-refractivity contribution in [3.63, 3.8) is 0 Å². The van der Waals surface area contributed by atoms with E-state index in [1.165, 1.54) is 9.47 Å². The number of rotatable bonds is 11. The molecule has 3 aromatic rings. The van der Waals surface area contributed by atoms with E-state index in [4.69, 9.17) is 18.9 Å². The van der Waals surface area contributed by atoms with Crippen LogP contribution in [0.1, 0.15) is 34.1 Å². The van der Waals surface area contributed by atoms with Crippen molar-refractivity contribution in [2.45, 2.75) is 39.7 Å². The van der Waals surface area contributed by atoms with Crippen molar-refractivity contribution < 1.29 is 28.5 Å². The molecule has 0 radical (unpaired) electrons. The molecule has 0 saturated heterocycles. The van der Waals surface area contributed by atoms with Gasteiger partial charge in [0, 0.05) is 36.2 Å². The highest BCUT2D eigenvalue weighted by atomic mass is 16.6. The van der Waals surface area contributed by atoms with Crippen molar-refractivity contribution in [2.75, 3.05) is 45.0 Å². The summed E-state index contributed by atoms with van der Waals surface area (Å²) in [5.41, 5.74) is 1.33. The van der Waals surface area contributed by atoms with Gasteiger partial charge in [-0.2, -0.15) is 0 Å². The predicted octanol–water partition coefficient (Wildman–Crippen LogP) is 4.99. The van der Waals surface area contributed by atoms with Gasteiger partial charge in [-0.3, -0.25) is 4.79 Å². The Labute approximate surface area is 200 Å². The fourth-order valence-corrected chi connectivity index (χ4v) is 3.55. The van der Waals surface area contributed by atoms with Gasteiger partial charge in [0.15, 0.2) is 0 Å². The van der Waals surface area contributed by atoms with E-state index in [9.17, 15) is 9.59 Å². The molecule has 0 N–H and O–H groups in total. The Morgan fingerprint density at radius 2 is 1.56 bits per heavy atom. The minimum atomic E-state index is -0.663.